The van der Waals surface area contributed by atoms with Crippen molar-refractivity contribution in [3.63, 3.8) is 0 Å². The minimum absolute atomic E-state index is 0.0320. The number of carbonyl (C=O) groups excluding carboxylic acids is 2. The van der Waals surface area contributed by atoms with Gasteiger partial charge in [0.15, 0.2) is 6.29 Å². The molecule has 176 valence electrons. The van der Waals surface area contributed by atoms with Crippen molar-refractivity contribution < 1.29 is 28.5 Å². The number of dihydropyridines is 1. The number of ether oxygens (including phenoxy) is 4. The second-order valence-corrected chi connectivity index (χ2v) is 7.35. The number of esters is 2. The Hall–Kier alpha value is -2.06. The van der Waals surface area contributed by atoms with Gasteiger partial charge in [0.1, 0.15) is 0 Å². The maximum atomic E-state index is 13.2. The molecule has 0 aromatic heterocycles. The molecular weight excluding hydrogens is 457 g/mol. The first-order valence-corrected chi connectivity index (χ1v) is 11.5. The molecule has 1 aliphatic heterocycles. The van der Waals surface area contributed by atoms with Gasteiger partial charge in [-0.25, -0.2) is 9.59 Å². The summed E-state index contributed by atoms with van der Waals surface area (Å²) in [6.07, 6.45) is -0.895. The molecule has 1 aromatic carbocycles. The summed E-state index contributed by atoms with van der Waals surface area (Å²) in [6.45, 7) is 8.01. The number of hydrogen-bond donors (Lipinski definition) is 1. The highest BCUT2D eigenvalue weighted by Crippen LogP contribution is 2.41. The third-order valence-corrected chi connectivity index (χ3v) is 5.16. The lowest BCUT2D eigenvalue weighted by Crippen LogP contribution is -2.40. The molecule has 0 saturated heterocycles. The number of hydrogen-bond acceptors (Lipinski definition) is 7. The molecule has 1 aromatic rings. The van der Waals surface area contributed by atoms with E-state index in [0.717, 1.165) is 0 Å². The number of rotatable bonds is 11. The van der Waals surface area contributed by atoms with Crippen LogP contribution in [0.4, 0.5) is 0 Å². The van der Waals surface area contributed by atoms with Gasteiger partial charge in [-0.1, -0.05) is 23.7 Å². The van der Waals surface area contributed by atoms with E-state index >= 15 is 0 Å². The van der Waals surface area contributed by atoms with Gasteiger partial charge in [0.2, 0.25) is 0 Å². The lowest BCUT2D eigenvalue weighted by atomic mass is 9.80. The Kier molecular flexibility index (Phi) is 10.5. The normalized spacial score (nSPS) is 16.3. The van der Waals surface area contributed by atoms with Crippen molar-refractivity contribution in [1.29, 1.82) is 0 Å². The lowest BCUT2D eigenvalue weighted by molar-refractivity contribution is -0.141. The molecule has 1 unspecified atom stereocenters. The monoisotopic (exact) mass is 485 g/mol. The van der Waals surface area contributed by atoms with Crippen LogP contribution in [0.1, 0.15) is 39.2 Å². The third kappa shape index (κ3) is 6.04. The molecule has 0 fully saturated rings. The van der Waals surface area contributed by atoms with Gasteiger partial charge in [-0.15, -0.1) is 11.6 Å². The fraction of sp³-hybridized carbons (Fsp3) is 0.478. The van der Waals surface area contributed by atoms with Gasteiger partial charge in [0.05, 0.1) is 41.9 Å². The molecule has 1 heterocycles. The maximum absolute atomic E-state index is 13.2. The topological polar surface area (TPSA) is 83.1 Å². The second kappa shape index (κ2) is 12.8. The average Bonchev–Trinajstić information content (AvgIpc) is 2.77. The summed E-state index contributed by atoms with van der Waals surface area (Å²) in [5, 5.41) is 3.56. The number of halogens is 2. The summed E-state index contributed by atoms with van der Waals surface area (Å²) in [6, 6.07) is 6.92. The molecule has 0 spiro atoms. The smallest absolute Gasteiger partial charge is 0.336 e. The number of alkyl halides is 1. The number of benzene rings is 1. The standard InChI is InChI=1S/C23H29Cl2NO6/c1-5-29-21(27)18-16(13-24)26-20(23(31-7-3)32-8-4)19(22(28)30-6-2)17(18)14-10-9-11-15(25)12-14/h9-12,17,23,26H,5-8,13H2,1-4H3. The summed E-state index contributed by atoms with van der Waals surface area (Å²) >= 11 is 12.5. The van der Waals surface area contributed by atoms with E-state index in [1.165, 1.54) is 0 Å². The van der Waals surface area contributed by atoms with Crippen molar-refractivity contribution >= 4 is 35.1 Å². The van der Waals surface area contributed by atoms with Crippen molar-refractivity contribution in [3.8, 4) is 0 Å². The van der Waals surface area contributed by atoms with Gasteiger partial charge in [0, 0.05) is 23.9 Å². The average molecular weight is 486 g/mol. The highest BCUT2D eigenvalue weighted by Gasteiger charge is 2.42. The van der Waals surface area contributed by atoms with E-state index in [9.17, 15) is 9.59 Å². The first kappa shape index (κ1) is 26.2. The zero-order chi connectivity index (χ0) is 23.7. The van der Waals surface area contributed by atoms with E-state index in [1.807, 2.05) is 13.8 Å². The van der Waals surface area contributed by atoms with Gasteiger partial charge in [0.25, 0.3) is 0 Å². The molecule has 0 saturated carbocycles. The molecule has 2 rings (SSSR count). The molecule has 0 radical (unpaired) electrons. The summed E-state index contributed by atoms with van der Waals surface area (Å²) in [7, 11) is 0. The molecular formula is C23H29Cl2NO6. The highest BCUT2D eigenvalue weighted by molar-refractivity contribution is 6.30. The zero-order valence-corrected chi connectivity index (χ0v) is 20.2. The summed E-state index contributed by atoms with van der Waals surface area (Å²) < 4.78 is 22.2. The third-order valence-electron chi connectivity index (χ3n) is 4.66. The van der Waals surface area contributed by atoms with Crippen LogP contribution in [-0.2, 0) is 28.5 Å². The van der Waals surface area contributed by atoms with Crippen LogP contribution in [0.25, 0.3) is 0 Å². The molecule has 32 heavy (non-hydrogen) atoms. The molecule has 9 heteroatoms. The lowest BCUT2D eigenvalue weighted by Gasteiger charge is -2.34. The van der Waals surface area contributed by atoms with Gasteiger partial charge in [-0.05, 0) is 45.4 Å². The Morgan fingerprint density at radius 2 is 1.56 bits per heavy atom. The molecule has 7 nitrogen and oxygen atoms in total. The van der Waals surface area contributed by atoms with E-state index in [2.05, 4.69) is 5.32 Å². The first-order valence-electron chi connectivity index (χ1n) is 10.6. The molecule has 0 aliphatic carbocycles. The quantitative estimate of drug-likeness (QED) is 0.284. The van der Waals surface area contributed by atoms with E-state index in [4.69, 9.17) is 42.1 Å². The van der Waals surface area contributed by atoms with Crippen LogP contribution in [0.15, 0.2) is 46.8 Å². The summed E-state index contributed by atoms with van der Waals surface area (Å²) in [5.74, 6) is -2.08. The number of carbonyl (C=O) groups is 2. The molecule has 1 aliphatic rings. The minimum atomic E-state index is -0.895. The summed E-state index contributed by atoms with van der Waals surface area (Å²) in [4.78, 5) is 26.3. The van der Waals surface area contributed by atoms with Crippen LogP contribution in [0, 0.1) is 0 Å². The SMILES string of the molecule is CCOC(=O)C1=C(CCl)NC(C(OCC)OCC)=C(C(=O)OCC)C1c1cccc(Cl)c1. The van der Waals surface area contributed by atoms with Crippen molar-refractivity contribution in [2.75, 3.05) is 32.3 Å². The number of allylic oxidation sites excluding steroid dienone is 1. The molecule has 0 bridgehead atoms. The van der Waals surface area contributed by atoms with Crippen molar-refractivity contribution in [2.24, 2.45) is 0 Å². The van der Waals surface area contributed by atoms with Crippen LogP contribution < -0.4 is 5.32 Å². The molecule has 1 N–H and O–H groups in total. The van der Waals surface area contributed by atoms with Crippen molar-refractivity contribution in [1.82, 2.24) is 5.32 Å². The van der Waals surface area contributed by atoms with E-state index < -0.39 is 24.1 Å². The largest absolute Gasteiger partial charge is 0.463 e. The Balaban J connectivity index is 2.84. The van der Waals surface area contributed by atoms with E-state index in [1.54, 1.807) is 38.1 Å². The second-order valence-electron chi connectivity index (χ2n) is 6.65. The first-order chi connectivity index (χ1) is 15.4. The van der Waals surface area contributed by atoms with Crippen LogP contribution in [0.2, 0.25) is 5.02 Å². The van der Waals surface area contributed by atoms with E-state index in [-0.39, 0.29) is 30.2 Å². The van der Waals surface area contributed by atoms with Crippen LogP contribution in [0.5, 0.6) is 0 Å². The molecule has 0 amide bonds. The Morgan fingerprint density at radius 1 is 0.969 bits per heavy atom. The Morgan fingerprint density at radius 3 is 2.06 bits per heavy atom. The van der Waals surface area contributed by atoms with Crippen LogP contribution in [-0.4, -0.2) is 50.5 Å². The van der Waals surface area contributed by atoms with Gasteiger partial charge < -0.3 is 24.3 Å². The Labute approximate surface area is 198 Å². The van der Waals surface area contributed by atoms with Crippen molar-refractivity contribution in [2.45, 2.75) is 39.9 Å². The minimum Gasteiger partial charge on any atom is -0.463 e. The van der Waals surface area contributed by atoms with Gasteiger partial charge in [-0.3, -0.25) is 0 Å². The van der Waals surface area contributed by atoms with Gasteiger partial charge in [-0.2, -0.15) is 0 Å². The number of nitrogens with one attached hydrogen (secondary N) is 1. The predicted octanol–water partition coefficient (Wildman–Crippen LogP) is 4.30. The van der Waals surface area contributed by atoms with Crippen LogP contribution >= 0.6 is 23.2 Å². The zero-order valence-electron chi connectivity index (χ0n) is 18.7. The summed E-state index contributed by atoms with van der Waals surface area (Å²) in [5.41, 5.74) is 1.72. The van der Waals surface area contributed by atoms with Crippen LogP contribution in [0.3, 0.4) is 0 Å². The fourth-order valence-corrected chi connectivity index (χ4v) is 3.90. The maximum Gasteiger partial charge on any atom is 0.336 e. The molecule has 1 atom stereocenters. The Bertz CT molecular complexity index is 877. The van der Waals surface area contributed by atoms with Gasteiger partial charge >= 0.3 is 11.9 Å². The predicted molar refractivity (Wildman–Crippen MR) is 122 cm³/mol. The fourth-order valence-electron chi connectivity index (χ4n) is 3.49. The highest BCUT2D eigenvalue weighted by atomic mass is 35.5. The van der Waals surface area contributed by atoms with Crippen molar-refractivity contribution in [3.05, 3.63) is 57.4 Å². The van der Waals surface area contributed by atoms with E-state index in [0.29, 0.717) is 35.2 Å².